The van der Waals surface area contributed by atoms with Crippen LogP contribution in [0.5, 0.6) is 0 Å². The van der Waals surface area contributed by atoms with Crippen molar-refractivity contribution in [1.82, 2.24) is 48.8 Å². The number of imidazole rings is 2. The number of thioether (sulfide) groups is 1. The summed E-state index contributed by atoms with van der Waals surface area (Å²) in [4.78, 5) is 54.7. The molecule has 4 N–H and O–H groups in total. The van der Waals surface area contributed by atoms with Gasteiger partial charge in [0.25, 0.3) is 11.8 Å². The quantitative estimate of drug-likeness (QED) is 0.312. The molecule has 0 bridgehead atoms. The van der Waals surface area contributed by atoms with E-state index in [1.165, 1.54) is 0 Å². The van der Waals surface area contributed by atoms with E-state index in [2.05, 4.69) is 30.6 Å². The van der Waals surface area contributed by atoms with E-state index < -0.39 is 23.2 Å². The summed E-state index contributed by atoms with van der Waals surface area (Å²) in [7, 11) is 0. The minimum absolute atomic E-state index is 0.00841. The van der Waals surface area contributed by atoms with E-state index >= 15 is 0 Å². The van der Waals surface area contributed by atoms with Crippen molar-refractivity contribution in [2.75, 3.05) is 0 Å². The van der Waals surface area contributed by atoms with Gasteiger partial charge in [-0.3, -0.25) is 9.59 Å². The Morgan fingerprint density at radius 3 is 1.62 bits per heavy atom. The lowest BCUT2D eigenvalue weighted by atomic mass is 10.4. The van der Waals surface area contributed by atoms with Gasteiger partial charge in [-0.25, -0.2) is 28.4 Å². The van der Waals surface area contributed by atoms with Crippen LogP contribution in [0.25, 0.3) is 11.3 Å². The van der Waals surface area contributed by atoms with Crippen LogP contribution in [0.4, 0.5) is 0 Å². The smallest absolute Gasteiger partial charge is 0.353 e. The molecule has 0 aliphatic rings. The van der Waals surface area contributed by atoms with Gasteiger partial charge in [0.2, 0.25) is 0 Å². The van der Waals surface area contributed by atoms with Crippen LogP contribution in [0.15, 0.2) is 22.2 Å². The van der Waals surface area contributed by atoms with Gasteiger partial charge >= 0.3 is 11.4 Å². The molecule has 4 aromatic rings. The molecule has 0 radical (unpaired) electrons. The standard InChI is InChI=1S/C12H10N12O4S/c13-7(25)5-9-17-19-23(11(27)21(9)1-15-5)3-29-4-24-12(28)22-2-16-6(8(14)26)10(22)18-20-24/h1-2H,3-4H2,(H2,13,25)(H2,14,26). The number of carbonyl (C=O) groups is 2. The van der Waals surface area contributed by atoms with Crippen LogP contribution < -0.4 is 22.8 Å². The molecule has 16 nitrogen and oxygen atoms in total. The van der Waals surface area contributed by atoms with Gasteiger partial charge in [-0.15, -0.1) is 22.0 Å². The first-order chi connectivity index (χ1) is 13.9. The molecule has 29 heavy (non-hydrogen) atoms. The highest BCUT2D eigenvalue weighted by Crippen LogP contribution is 2.06. The summed E-state index contributed by atoms with van der Waals surface area (Å²) in [5, 5.41) is 15.0. The molecule has 2 amide bonds. The SMILES string of the molecule is NC(=O)c1ncn2c(=O)n(CSCn3nnc4c(C(N)=O)ncn4c3=O)nnc12. The zero-order chi connectivity index (χ0) is 20.7. The second-order valence-electron chi connectivity index (χ2n) is 5.51. The van der Waals surface area contributed by atoms with E-state index in [0.29, 0.717) is 0 Å². The summed E-state index contributed by atoms with van der Waals surface area (Å²) in [6, 6.07) is 0. The van der Waals surface area contributed by atoms with Crippen molar-refractivity contribution in [3.05, 3.63) is 45.0 Å². The molecular formula is C12H10N12O4S. The summed E-state index contributed by atoms with van der Waals surface area (Å²) < 4.78 is 4.07. The first kappa shape index (κ1) is 18.2. The number of rotatable bonds is 6. The number of aromatic nitrogens is 10. The average molecular weight is 418 g/mol. The molecule has 148 valence electrons. The van der Waals surface area contributed by atoms with Crippen LogP contribution in [-0.4, -0.2) is 60.6 Å². The molecule has 0 saturated heterocycles. The monoisotopic (exact) mass is 418 g/mol. The second-order valence-corrected chi connectivity index (χ2v) is 6.43. The summed E-state index contributed by atoms with van der Waals surface area (Å²) in [5.74, 6) is -1.65. The summed E-state index contributed by atoms with van der Waals surface area (Å²) in [5.41, 5.74) is 8.67. The number of fused-ring (bicyclic) bond motifs is 2. The van der Waals surface area contributed by atoms with Gasteiger partial charge in [0, 0.05) is 0 Å². The Kier molecular flexibility index (Phi) is 4.26. The maximum atomic E-state index is 12.4. The molecule has 4 rings (SSSR count). The van der Waals surface area contributed by atoms with Crippen molar-refractivity contribution in [1.29, 1.82) is 0 Å². The van der Waals surface area contributed by atoms with E-state index in [-0.39, 0.29) is 34.4 Å². The van der Waals surface area contributed by atoms with Crippen molar-refractivity contribution in [2.24, 2.45) is 11.5 Å². The molecule has 4 heterocycles. The van der Waals surface area contributed by atoms with Crippen molar-refractivity contribution in [3.8, 4) is 0 Å². The minimum atomic E-state index is -0.833. The first-order valence-corrected chi connectivity index (χ1v) is 8.83. The Hall–Kier alpha value is -4.15. The lowest BCUT2D eigenvalue weighted by molar-refractivity contribution is 0.0989. The number of hydrogen-bond donors (Lipinski definition) is 2. The van der Waals surface area contributed by atoms with Gasteiger partial charge < -0.3 is 11.5 Å². The Morgan fingerprint density at radius 1 is 0.828 bits per heavy atom. The molecule has 4 aromatic heterocycles. The van der Waals surface area contributed by atoms with E-state index in [4.69, 9.17) is 11.5 Å². The fourth-order valence-electron chi connectivity index (χ4n) is 2.40. The number of hydrogen-bond acceptors (Lipinski definition) is 11. The Labute approximate surface area is 162 Å². The lowest BCUT2D eigenvalue weighted by Crippen LogP contribution is -2.31. The highest BCUT2D eigenvalue weighted by molar-refractivity contribution is 7.97. The van der Waals surface area contributed by atoms with Crippen LogP contribution in [0, 0.1) is 0 Å². The largest absolute Gasteiger partial charge is 0.364 e. The maximum Gasteiger partial charge on any atom is 0.353 e. The van der Waals surface area contributed by atoms with Crippen molar-refractivity contribution < 1.29 is 9.59 Å². The molecule has 0 aromatic carbocycles. The molecule has 0 fully saturated rings. The lowest BCUT2D eigenvalue weighted by Gasteiger charge is -2.05. The van der Waals surface area contributed by atoms with Crippen LogP contribution in [-0.2, 0) is 11.8 Å². The highest BCUT2D eigenvalue weighted by atomic mass is 32.2. The Morgan fingerprint density at radius 2 is 1.24 bits per heavy atom. The molecule has 0 unspecified atom stereocenters. The predicted octanol–water partition coefficient (Wildman–Crippen LogP) is -3.57. The Balaban J connectivity index is 1.55. The third-order valence-electron chi connectivity index (χ3n) is 3.73. The van der Waals surface area contributed by atoms with Crippen LogP contribution in [0.2, 0.25) is 0 Å². The number of amides is 2. The number of carbonyl (C=O) groups excluding carboxylic acids is 2. The molecule has 0 spiro atoms. The van der Waals surface area contributed by atoms with Crippen LogP contribution >= 0.6 is 11.8 Å². The minimum Gasteiger partial charge on any atom is -0.364 e. The highest BCUT2D eigenvalue weighted by Gasteiger charge is 2.16. The molecule has 0 aliphatic carbocycles. The Bertz CT molecular complexity index is 1290. The molecule has 0 aliphatic heterocycles. The first-order valence-electron chi connectivity index (χ1n) is 7.67. The van der Waals surface area contributed by atoms with Crippen molar-refractivity contribution in [2.45, 2.75) is 11.8 Å². The fraction of sp³-hybridized carbons (Fsp3) is 0.167. The van der Waals surface area contributed by atoms with Crippen LogP contribution in [0.3, 0.4) is 0 Å². The van der Waals surface area contributed by atoms with E-state index in [9.17, 15) is 19.2 Å². The fourth-order valence-corrected chi connectivity index (χ4v) is 3.15. The van der Waals surface area contributed by atoms with E-state index in [1.54, 1.807) is 0 Å². The van der Waals surface area contributed by atoms with Gasteiger partial charge in [-0.1, -0.05) is 10.4 Å². The van der Waals surface area contributed by atoms with Gasteiger partial charge in [0.05, 0.1) is 11.8 Å². The predicted molar refractivity (Wildman–Crippen MR) is 94.7 cm³/mol. The zero-order valence-electron chi connectivity index (χ0n) is 14.2. The van der Waals surface area contributed by atoms with E-state index in [0.717, 1.165) is 42.6 Å². The molecule has 0 saturated carbocycles. The second kappa shape index (κ2) is 6.78. The van der Waals surface area contributed by atoms with Gasteiger partial charge in [-0.05, 0) is 0 Å². The average Bonchev–Trinajstić information content (AvgIpc) is 3.30. The number of nitrogens with zero attached hydrogens (tertiary/aromatic N) is 10. The zero-order valence-corrected chi connectivity index (χ0v) is 15.1. The van der Waals surface area contributed by atoms with Crippen molar-refractivity contribution >= 4 is 34.9 Å². The summed E-state index contributed by atoms with van der Waals surface area (Å²) >= 11 is 1.10. The topological polar surface area (TPSA) is 216 Å². The van der Waals surface area contributed by atoms with Gasteiger partial charge in [0.15, 0.2) is 22.7 Å². The van der Waals surface area contributed by atoms with Gasteiger partial charge in [0.1, 0.15) is 12.7 Å². The van der Waals surface area contributed by atoms with Crippen molar-refractivity contribution in [3.63, 3.8) is 0 Å². The van der Waals surface area contributed by atoms with Gasteiger partial charge in [-0.2, -0.15) is 9.36 Å². The molecule has 0 atom stereocenters. The molecule has 17 heteroatoms. The normalized spacial score (nSPS) is 11.3. The number of primary amides is 2. The van der Waals surface area contributed by atoms with Crippen LogP contribution in [0.1, 0.15) is 21.0 Å². The number of nitrogens with two attached hydrogens (primary N) is 2. The molecular weight excluding hydrogens is 408 g/mol. The maximum absolute atomic E-state index is 12.4. The van der Waals surface area contributed by atoms with E-state index in [1.807, 2.05) is 0 Å². The summed E-state index contributed by atoms with van der Waals surface area (Å²) in [6.07, 6.45) is 2.24. The third kappa shape index (κ3) is 2.98. The third-order valence-corrected chi connectivity index (χ3v) is 4.58. The summed E-state index contributed by atoms with van der Waals surface area (Å²) in [6.45, 7) is 0.